The summed E-state index contributed by atoms with van der Waals surface area (Å²) in [5.41, 5.74) is 0. The molecule has 0 saturated carbocycles. The first-order valence-electron chi connectivity index (χ1n) is 6.29. The van der Waals surface area contributed by atoms with Crippen molar-refractivity contribution in [3.05, 3.63) is 12.4 Å². The van der Waals surface area contributed by atoms with Gasteiger partial charge in [-0.3, -0.25) is 9.69 Å². The summed E-state index contributed by atoms with van der Waals surface area (Å²) in [6, 6.07) is 0.313. The van der Waals surface area contributed by atoms with Gasteiger partial charge < -0.3 is 10.2 Å². The summed E-state index contributed by atoms with van der Waals surface area (Å²) in [6.07, 6.45) is 3.27. The molecule has 0 radical (unpaired) electrons. The van der Waals surface area contributed by atoms with E-state index in [0.29, 0.717) is 11.9 Å². The summed E-state index contributed by atoms with van der Waals surface area (Å²) in [5, 5.41) is 2.84. The average Bonchev–Trinajstić information content (AvgIpc) is 2.38. The molecule has 1 fully saturated rings. The highest BCUT2D eigenvalue weighted by Crippen LogP contribution is 2.29. The topological polar surface area (TPSA) is 61.4 Å². The number of carbonyl (C=O) groups is 1. The summed E-state index contributed by atoms with van der Waals surface area (Å²) >= 11 is 0. The molecule has 0 spiro atoms. The molecule has 0 bridgehead atoms. The first-order valence-corrected chi connectivity index (χ1v) is 6.29. The van der Waals surface area contributed by atoms with Gasteiger partial charge in [-0.2, -0.15) is 0 Å². The van der Waals surface area contributed by atoms with Crippen LogP contribution in [0.4, 0.5) is 11.6 Å². The third kappa shape index (κ3) is 1.73. The first-order chi connectivity index (χ1) is 8.66. The number of piperazine rings is 1. The second-order valence-corrected chi connectivity index (χ2v) is 5.02. The smallest absolute Gasteiger partial charge is 0.249 e. The van der Waals surface area contributed by atoms with Gasteiger partial charge in [0.2, 0.25) is 5.91 Å². The summed E-state index contributed by atoms with van der Waals surface area (Å²) in [6.45, 7) is 6.84. The van der Waals surface area contributed by atoms with E-state index in [4.69, 9.17) is 0 Å². The fourth-order valence-electron chi connectivity index (χ4n) is 2.58. The predicted molar refractivity (Wildman–Crippen MR) is 68.5 cm³/mol. The van der Waals surface area contributed by atoms with E-state index in [1.807, 2.05) is 0 Å². The highest BCUT2D eigenvalue weighted by atomic mass is 16.2. The van der Waals surface area contributed by atoms with Gasteiger partial charge in [0, 0.05) is 38.1 Å². The van der Waals surface area contributed by atoms with Crippen LogP contribution in [-0.2, 0) is 4.79 Å². The molecular formula is C12H17N5O. The standard InChI is InChI=1S/C12H17N5O/c1-8(2)16-5-6-17-9(7-16)12(18)15-10-11(17)14-4-3-13-10/h3-4,8-9H,5-7H2,1-2H3,(H,13,15,18). The van der Waals surface area contributed by atoms with E-state index in [0.717, 1.165) is 25.5 Å². The molecule has 6 nitrogen and oxygen atoms in total. The second kappa shape index (κ2) is 4.20. The van der Waals surface area contributed by atoms with Crippen LogP contribution in [0.2, 0.25) is 0 Å². The molecule has 1 aromatic heterocycles. The molecule has 1 aromatic rings. The first kappa shape index (κ1) is 11.4. The zero-order valence-corrected chi connectivity index (χ0v) is 10.6. The van der Waals surface area contributed by atoms with Gasteiger partial charge in [0.1, 0.15) is 6.04 Å². The molecule has 1 amide bonds. The third-order valence-electron chi connectivity index (χ3n) is 3.64. The maximum atomic E-state index is 12.1. The van der Waals surface area contributed by atoms with E-state index < -0.39 is 0 Å². The third-order valence-corrected chi connectivity index (χ3v) is 3.64. The number of nitrogens with one attached hydrogen (secondary N) is 1. The summed E-state index contributed by atoms with van der Waals surface area (Å²) in [4.78, 5) is 25.0. The van der Waals surface area contributed by atoms with Crippen LogP contribution in [0.3, 0.4) is 0 Å². The van der Waals surface area contributed by atoms with Crippen molar-refractivity contribution in [2.75, 3.05) is 29.9 Å². The van der Waals surface area contributed by atoms with E-state index in [1.165, 1.54) is 0 Å². The Labute approximate surface area is 106 Å². The second-order valence-electron chi connectivity index (χ2n) is 5.02. The molecule has 1 N–H and O–H groups in total. The van der Waals surface area contributed by atoms with Crippen molar-refractivity contribution in [1.82, 2.24) is 14.9 Å². The van der Waals surface area contributed by atoms with Crippen molar-refractivity contribution in [3.8, 4) is 0 Å². The number of rotatable bonds is 1. The molecule has 3 heterocycles. The van der Waals surface area contributed by atoms with Gasteiger partial charge in [-0.15, -0.1) is 0 Å². The van der Waals surface area contributed by atoms with Crippen LogP contribution in [0, 0.1) is 0 Å². The lowest BCUT2D eigenvalue weighted by molar-refractivity contribution is -0.118. The SMILES string of the molecule is CC(C)N1CCN2c3nccnc3NC(=O)C2C1. The zero-order chi connectivity index (χ0) is 12.7. The van der Waals surface area contributed by atoms with E-state index in [9.17, 15) is 4.79 Å². The Balaban J connectivity index is 1.91. The van der Waals surface area contributed by atoms with E-state index in [1.54, 1.807) is 12.4 Å². The molecule has 1 saturated heterocycles. The van der Waals surface area contributed by atoms with Gasteiger partial charge >= 0.3 is 0 Å². The number of amides is 1. The highest BCUT2D eigenvalue weighted by molar-refractivity contribution is 6.01. The minimum absolute atomic E-state index is 0.0216. The maximum Gasteiger partial charge on any atom is 0.249 e. The van der Waals surface area contributed by atoms with E-state index in [-0.39, 0.29) is 11.9 Å². The molecule has 0 aliphatic carbocycles. The Bertz CT molecular complexity index is 475. The van der Waals surface area contributed by atoms with Gasteiger partial charge in [-0.25, -0.2) is 9.97 Å². The normalized spacial score (nSPS) is 23.6. The van der Waals surface area contributed by atoms with Crippen LogP contribution in [0.25, 0.3) is 0 Å². The summed E-state index contributed by atoms with van der Waals surface area (Å²) < 4.78 is 0. The number of hydrogen-bond donors (Lipinski definition) is 1. The fourth-order valence-corrected chi connectivity index (χ4v) is 2.58. The molecule has 18 heavy (non-hydrogen) atoms. The van der Waals surface area contributed by atoms with Crippen molar-refractivity contribution in [1.29, 1.82) is 0 Å². The Morgan fingerprint density at radius 1 is 1.33 bits per heavy atom. The molecule has 6 heteroatoms. The number of nitrogens with zero attached hydrogens (tertiary/aromatic N) is 4. The summed E-state index contributed by atoms with van der Waals surface area (Å²) in [5.74, 6) is 1.40. The Kier molecular flexibility index (Phi) is 2.66. The minimum atomic E-state index is -0.148. The maximum absolute atomic E-state index is 12.1. The Hall–Kier alpha value is -1.69. The quantitative estimate of drug-likeness (QED) is 0.775. The van der Waals surface area contributed by atoms with Crippen LogP contribution in [-0.4, -0.2) is 52.5 Å². The Morgan fingerprint density at radius 3 is 2.89 bits per heavy atom. The number of aromatic nitrogens is 2. The monoisotopic (exact) mass is 247 g/mol. The van der Waals surface area contributed by atoms with Crippen molar-refractivity contribution in [3.63, 3.8) is 0 Å². The largest absolute Gasteiger partial charge is 0.339 e. The highest BCUT2D eigenvalue weighted by Gasteiger charge is 2.38. The van der Waals surface area contributed by atoms with E-state index >= 15 is 0 Å². The lowest BCUT2D eigenvalue weighted by atomic mass is 10.1. The minimum Gasteiger partial charge on any atom is -0.339 e. The van der Waals surface area contributed by atoms with Gasteiger partial charge in [-0.05, 0) is 13.8 Å². The lowest BCUT2D eigenvalue weighted by Gasteiger charge is -2.44. The van der Waals surface area contributed by atoms with Crippen LogP contribution in [0.15, 0.2) is 12.4 Å². The van der Waals surface area contributed by atoms with Crippen LogP contribution >= 0.6 is 0 Å². The number of fused-ring (bicyclic) bond motifs is 3. The van der Waals surface area contributed by atoms with Crippen molar-refractivity contribution < 1.29 is 4.79 Å². The molecule has 96 valence electrons. The molecule has 1 atom stereocenters. The van der Waals surface area contributed by atoms with E-state index in [2.05, 4.69) is 38.9 Å². The van der Waals surface area contributed by atoms with Gasteiger partial charge in [-0.1, -0.05) is 0 Å². The number of anilines is 2. The van der Waals surface area contributed by atoms with Gasteiger partial charge in [0.05, 0.1) is 0 Å². The van der Waals surface area contributed by atoms with Crippen molar-refractivity contribution in [2.24, 2.45) is 0 Å². The zero-order valence-electron chi connectivity index (χ0n) is 10.6. The van der Waals surface area contributed by atoms with Crippen molar-refractivity contribution in [2.45, 2.75) is 25.9 Å². The number of carbonyl (C=O) groups excluding carboxylic acids is 1. The molecule has 1 unspecified atom stereocenters. The fraction of sp³-hybridized carbons (Fsp3) is 0.583. The average molecular weight is 247 g/mol. The van der Waals surface area contributed by atoms with Gasteiger partial charge in [0.25, 0.3) is 0 Å². The molecular weight excluding hydrogens is 230 g/mol. The molecule has 2 aliphatic rings. The van der Waals surface area contributed by atoms with Crippen LogP contribution in [0.5, 0.6) is 0 Å². The summed E-state index contributed by atoms with van der Waals surface area (Å²) in [7, 11) is 0. The van der Waals surface area contributed by atoms with Crippen LogP contribution in [0.1, 0.15) is 13.8 Å². The molecule has 3 rings (SSSR count). The van der Waals surface area contributed by atoms with Crippen LogP contribution < -0.4 is 10.2 Å². The number of hydrogen-bond acceptors (Lipinski definition) is 5. The van der Waals surface area contributed by atoms with Gasteiger partial charge in [0.15, 0.2) is 11.6 Å². The molecule has 2 aliphatic heterocycles. The Morgan fingerprint density at radius 2 is 2.11 bits per heavy atom. The predicted octanol–water partition coefficient (Wildman–Crippen LogP) is 0.328. The lowest BCUT2D eigenvalue weighted by Crippen LogP contribution is -2.61. The van der Waals surface area contributed by atoms with Crippen molar-refractivity contribution >= 4 is 17.5 Å². The molecule has 0 aromatic carbocycles.